The molecule has 0 bridgehead atoms. The summed E-state index contributed by atoms with van der Waals surface area (Å²) in [6, 6.07) is 4.49. The first-order valence-electron chi connectivity index (χ1n) is 6.56. The van der Waals surface area contributed by atoms with E-state index in [0.29, 0.717) is 5.02 Å². The quantitative estimate of drug-likeness (QED) is 0.799. The first-order chi connectivity index (χ1) is 9.47. The summed E-state index contributed by atoms with van der Waals surface area (Å²) >= 11 is 5.85. The number of aromatic carboxylic acids is 1. The number of anilines is 1. The maximum atomic E-state index is 12.2. The predicted octanol–water partition coefficient (Wildman–Crippen LogP) is 2.49. The molecule has 1 saturated carbocycles. The minimum absolute atomic E-state index is 0.0373. The van der Waals surface area contributed by atoms with Gasteiger partial charge in [-0.25, -0.2) is 4.79 Å². The van der Waals surface area contributed by atoms with Gasteiger partial charge in [0.2, 0.25) is 5.91 Å². The van der Waals surface area contributed by atoms with Crippen molar-refractivity contribution in [1.82, 2.24) is 0 Å². The number of hydrogen-bond acceptors (Lipinski definition) is 3. The van der Waals surface area contributed by atoms with Gasteiger partial charge in [-0.2, -0.15) is 0 Å². The van der Waals surface area contributed by atoms with Gasteiger partial charge in [0.15, 0.2) is 0 Å². The fourth-order valence-corrected chi connectivity index (χ4v) is 2.59. The standard InChI is InChI=1S/C14H17ClN2O3/c15-9-3-6-11(14(19)20)12(7-9)17-13(18)8-1-4-10(16)5-2-8/h3,6-8,10H,1-2,4-5,16H2,(H,17,18)(H,19,20). The van der Waals surface area contributed by atoms with Crippen LogP contribution >= 0.6 is 11.6 Å². The first kappa shape index (κ1) is 14.8. The normalized spacial score (nSPS) is 22.3. The molecule has 1 aromatic rings. The fourth-order valence-electron chi connectivity index (χ4n) is 2.42. The number of nitrogens with two attached hydrogens (primary N) is 1. The molecule has 1 aliphatic rings. The van der Waals surface area contributed by atoms with Gasteiger partial charge in [0.25, 0.3) is 0 Å². The summed E-state index contributed by atoms with van der Waals surface area (Å²) in [6.45, 7) is 0. The number of carboxylic acids is 1. The van der Waals surface area contributed by atoms with E-state index in [1.807, 2.05) is 0 Å². The summed E-state index contributed by atoms with van der Waals surface area (Å²) in [7, 11) is 0. The minimum Gasteiger partial charge on any atom is -0.478 e. The second kappa shape index (κ2) is 6.24. The van der Waals surface area contributed by atoms with Crippen LogP contribution in [0.15, 0.2) is 18.2 Å². The Hall–Kier alpha value is -1.59. The molecular formula is C14H17ClN2O3. The molecule has 0 saturated heterocycles. The second-order valence-electron chi connectivity index (χ2n) is 5.10. The lowest BCUT2D eigenvalue weighted by Crippen LogP contribution is -2.32. The van der Waals surface area contributed by atoms with Gasteiger partial charge in [-0.15, -0.1) is 0 Å². The maximum Gasteiger partial charge on any atom is 0.337 e. The molecule has 0 aromatic heterocycles. The summed E-state index contributed by atoms with van der Waals surface area (Å²) in [5.74, 6) is -1.38. The Kier molecular flexibility index (Phi) is 4.62. The van der Waals surface area contributed by atoms with E-state index < -0.39 is 5.97 Å². The van der Waals surface area contributed by atoms with Crippen molar-refractivity contribution >= 4 is 29.2 Å². The predicted molar refractivity (Wildman–Crippen MR) is 77.0 cm³/mol. The van der Waals surface area contributed by atoms with Gasteiger partial charge >= 0.3 is 5.97 Å². The van der Waals surface area contributed by atoms with Crippen LogP contribution in [-0.4, -0.2) is 23.0 Å². The maximum absolute atomic E-state index is 12.2. The second-order valence-corrected chi connectivity index (χ2v) is 5.53. The Morgan fingerprint density at radius 1 is 1.25 bits per heavy atom. The Morgan fingerprint density at radius 2 is 1.90 bits per heavy atom. The van der Waals surface area contributed by atoms with Crippen LogP contribution in [0.4, 0.5) is 5.69 Å². The van der Waals surface area contributed by atoms with E-state index >= 15 is 0 Å². The van der Waals surface area contributed by atoms with Crippen molar-refractivity contribution in [3.63, 3.8) is 0 Å². The van der Waals surface area contributed by atoms with Crippen molar-refractivity contribution in [2.24, 2.45) is 11.7 Å². The number of benzene rings is 1. The number of nitrogens with one attached hydrogen (secondary N) is 1. The summed E-state index contributed by atoms with van der Waals surface area (Å²) in [6.07, 6.45) is 3.10. The van der Waals surface area contributed by atoms with Gasteiger partial charge in [-0.1, -0.05) is 11.6 Å². The minimum atomic E-state index is -1.09. The molecule has 5 nitrogen and oxygen atoms in total. The van der Waals surface area contributed by atoms with Crippen molar-refractivity contribution in [3.8, 4) is 0 Å². The molecule has 0 aliphatic heterocycles. The number of carbonyl (C=O) groups is 2. The van der Waals surface area contributed by atoms with Gasteiger partial charge in [0, 0.05) is 17.0 Å². The molecule has 1 aromatic carbocycles. The fraction of sp³-hybridized carbons (Fsp3) is 0.429. The zero-order chi connectivity index (χ0) is 14.7. The zero-order valence-corrected chi connectivity index (χ0v) is 11.7. The number of rotatable bonds is 3. The van der Waals surface area contributed by atoms with Crippen LogP contribution in [0.25, 0.3) is 0 Å². The van der Waals surface area contributed by atoms with E-state index in [9.17, 15) is 9.59 Å². The molecule has 0 unspecified atom stereocenters. The highest BCUT2D eigenvalue weighted by Gasteiger charge is 2.25. The van der Waals surface area contributed by atoms with Crippen LogP contribution in [0, 0.1) is 5.92 Å². The first-order valence-corrected chi connectivity index (χ1v) is 6.94. The number of hydrogen-bond donors (Lipinski definition) is 3. The molecular weight excluding hydrogens is 280 g/mol. The molecule has 1 amide bonds. The molecule has 4 N–H and O–H groups in total. The molecule has 0 heterocycles. The largest absolute Gasteiger partial charge is 0.478 e. The molecule has 1 aliphatic carbocycles. The monoisotopic (exact) mass is 296 g/mol. The van der Waals surface area contributed by atoms with Crippen molar-refractivity contribution in [2.45, 2.75) is 31.7 Å². The third-order valence-electron chi connectivity index (χ3n) is 3.61. The number of carboxylic acid groups (broad SMARTS) is 1. The Balaban J connectivity index is 2.11. The number of halogens is 1. The van der Waals surface area contributed by atoms with Crippen molar-refractivity contribution in [3.05, 3.63) is 28.8 Å². The van der Waals surface area contributed by atoms with Crippen molar-refractivity contribution in [1.29, 1.82) is 0 Å². The summed E-state index contributed by atoms with van der Waals surface area (Å²) in [4.78, 5) is 23.3. The van der Waals surface area contributed by atoms with E-state index in [4.69, 9.17) is 22.4 Å². The molecule has 6 heteroatoms. The summed E-state index contributed by atoms with van der Waals surface area (Å²) < 4.78 is 0. The molecule has 0 spiro atoms. The molecule has 0 radical (unpaired) electrons. The molecule has 108 valence electrons. The SMILES string of the molecule is NC1CCC(C(=O)Nc2cc(Cl)ccc2C(=O)O)CC1. The number of amides is 1. The highest BCUT2D eigenvalue weighted by Crippen LogP contribution is 2.26. The van der Waals surface area contributed by atoms with Crippen LogP contribution in [-0.2, 0) is 4.79 Å². The van der Waals surface area contributed by atoms with E-state index in [0.717, 1.165) is 25.7 Å². The van der Waals surface area contributed by atoms with Gasteiger partial charge in [-0.3, -0.25) is 4.79 Å². The lowest BCUT2D eigenvalue weighted by atomic mass is 9.86. The van der Waals surface area contributed by atoms with Gasteiger partial charge in [0.05, 0.1) is 11.3 Å². The van der Waals surface area contributed by atoms with Gasteiger partial charge in [0.1, 0.15) is 0 Å². The van der Waals surface area contributed by atoms with Crippen molar-refractivity contribution < 1.29 is 14.7 Å². The number of carbonyl (C=O) groups excluding carboxylic acids is 1. The molecule has 20 heavy (non-hydrogen) atoms. The summed E-state index contributed by atoms with van der Waals surface area (Å²) in [5.41, 5.74) is 6.08. The van der Waals surface area contributed by atoms with Gasteiger partial charge < -0.3 is 16.2 Å². The van der Waals surface area contributed by atoms with E-state index in [1.165, 1.54) is 18.2 Å². The Bertz CT molecular complexity index is 525. The highest BCUT2D eigenvalue weighted by atomic mass is 35.5. The molecule has 2 rings (SSSR count). The van der Waals surface area contributed by atoms with Crippen molar-refractivity contribution in [2.75, 3.05) is 5.32 Å². The van der Waals surface area contributed by atoms with E-state index in [1.54, 1.807) is 0 Å². The summed E-state index contributed by atoms with van der Waals surface area (Å²) in [5, 5.41) is 12.2. The molecule has 0 atom stereocenters. The lowest BCUT2D eigenvalue weighted by molar-refractivity contribution is -0.120. The third-order valence-corrected chi connectivity index (χ3v) is 3.85. The molecule has 1 fully saturated rings. The van der Waals surface area contributed by atoms with E-state index in [2.05, 4.69) is 5.32 Å². The van der Waals surface area contributed by atoms with Crippen LogP contribution in [0.1, 0.15) is 36.0 Å². The van der Waals surface area contributed by atoms with Crippen LogP contribution < -0.4 is 11.1 Å². The Morgan fingerprint density at radius 3 is 2.50 bits per heavy atom. The Labute approximate surface area is 122 Å². The van der Waals surface area contributed by atoms with Crippen LogP contribution in [0.3, 0.4) is 0 Å². The van der Waals surface area contributed by atoms with Crippen LogP contribution in [0.5, 0.6) is 0 Å². The highest BCUT2D eigenvalue weighted by molar-refractivity contribution is 6.31. The zero-order valence-electron chi connectivity index (χ0n) is 10.9. The van der Waals surface area contributed by atoms with Crippen LogP contribution in [0.2, 0.25) is 5.02 Å². The topological polar surface area (TPSA) is 92.4 Å². The van der Waals surface area contributed by atoms with E-state index in [-0.39, 0.29) is 29.1 Å². The lowest BCUT2D eigenvalue weighted by Gasteiger charge is -2.25. The average molecular weight is 297 g/mol. The third kappa shape index (κ3) is 3.49. The van der Waals surface area contributed by atoms with Gasteiger partial charge in [-0.05, 0) is 43.9 Å². The average Bonchev–Trinajstić information content (AvgIpc) is 2.39. The smallest absolute Gasteiger partial charge is 0.337 e.